The van der Waals surface area contributed by atoms with Gasteiger partial charge in [0.1, 0.15) is 5.82 Å². The quantitative estimate of drug-likeness (QED) is 0.776. The third-order valence-electron chi connectivity index (χ3n) is 3.02. The topological polar surface area (TPSA) is 42.7 Å². The van der Waals surface area contributed by atoms with E-state index in [2.05, 4.69) is 32.8 Å². The molecule has 0 saturated carbocycles. The van der Waals surface area contributed by atoms with Gasteiger partial charge in [-0.3, -0.25) is 0 Å². The Morgan fingerprint density at radius 2 is 2.00 bits per heavy atom. The number of nitrogens with zero attached hydrogens (tertiary/aromatic N) is 3. The Morgan fingerprint density at radius 1 is 1.11 bits per heavy atom. The van der Waals surface area contributed by atoms with Crippen LogP contribution in [0.3, 0.4) is 0 Å². The summed E-state index contributed by atoms with van der Waals surface area (Å²) in [7, 11) is 0. The van der Waals surface area contributed by atoms with E-state index in [1.165, 1.54) is 0 Å². The fourth-order valence-electron chi connectivity index (χ4n) is 2.16. The molecule has 0 saturated heterocycles. The van der Waals surface area contributed by atoms with E-state index in [1.54, 1.807) is 0 Å². The number of para-hydroxylation sites is 2. The van der Waals surface area contributed by atoms with Crippen molar-refractivity contribution >= 4 is 16.9 Å². The number of pyridine rings is 1. The Labute approximate surface area is 112 Å². The van der Waals surface area contributed by atoms with Crippen molar-refractivity contribution in [1.29, 1.82) is 0 Å². The first-order valence-electron chi connectivity index (χ1n) is 6.46. The lowest BCUT2D eigenvalue weighted by Crippen LogP contribution is -2.04. The minimum absolute atomic E-state index is 0.736. The van der Waals surface area contributed by atoms with Gasteiger partial charge in [-0.2, -0.15) is 0 Å². The summed E-state index contributed by atoms with van der Waals surface area (Å²) in [6.45, 7) is 3.68. The number of aromatic nitrogens is 3. The van der Waals surface area contributed by atoms with Crippen LogP contribution in [0.25, 0.3) is 11.0 Å². The van der Waals surface area contributed by atoms with Crippen molar-refractivity contribution in [3.63, 3.8) is 0 Å². The normalized spacial score (nSPS) is 10.8. The van der Waals surface area contributed by atoms with Gasteiger partial charge < -0.3 is 9.88 Å². The monoisotopic (exact) mass is 252 g/mol. The Balaban J connectivity index is 1.90. The molecule has 4 heteroatoms. The van der Waals surface area contributed by atoms with E-state index in [9.17, 15) is 0 Å². The van der Waals surface area contributed by atoms with Gasteiger partial charge >= 0.3 is 0 Å². The van der Waals surface area contributed by atoms with Crippen molar-refractivity contribution < 1.29 is 0 Å². The third kappa shape index (κ3) is 2.42. The van der Waals surface area contributed by atoms with Crippen molar-refractivity contribution in [1.82, 2.24) is 14.5 Å². The van der Waals surface area contributed by atoms with E-state index in [1.807, 2.05) is 42.7 Å². The fraction of sp³-hybridized carbons (Fsp3) is 0.200. The highest BCUT2D eigenvalue weighted by atomic mass is 15.1. The third-order valence-corrected chi connectivity index (χ3v) is 3.02. The minimum atomic E-state index is 0.736. The fourth-order valence-corrected chi connectivity index (χ4v) is 2.16. The van der Waals surface area contributed by atoms with Crippen LogP contribution in [0.2, 0.25) is 0 Å². The van der Waals surface area contributed by atoms with Gasteiger partial charge in [-0.25, -0.2) is 9.97 Å². The molecule has 0 aliphatic heterocycles. The number of fused-ring (bicyclic) bond motifs is 1. The summed E-state index contributed by atoms with van der Waals surface area (Å²) in [4.78, 5) is 8.98. The molecular formula is C15H16N4. The van der Waals surface area contributed by atoms with Crippen molar-refractivity contribution in [2.45, 2.75) is 13.5 Å². The van der Waals surface area contributed by atoms with Gasteiger partial charge in [-0.05, 0) is 31.2 Å². The van der Waals surface area contributed by atoms with E-state index in [0.29, 0.717) is 0 Å². The van der Waals surface area contributed by atoms with Crippen LogP contribution in [-0.4, -0.2) is 21.1 Å². The first-order valence-corrected chi connectivity index (χ1v) is 6.46. The molecule has 96 valence electrons. The lowest BCUT2D eigenvalue weighted by molar-refractivity contribution is 0.797. The van der Waals surface area contributed by atoms with Crippen LogP contribution in [-0.2, 0) is 6.54 Å². The Kier molecular flexibility index (Phi) is 3.14. The molecular weight excluding hydrogens is 236 g/mol. The predicted molar refractivity (Wildman–Crippen MR) is 77.2 cm³/mol. The number of hydrogen-bond acceptors (Lipinski definition) is 3. The molecule has 2 aromatic heterocycles. The zero-order valence-corrected chi connectivity index (χ0v) is 10.9. The van der Waals surface area contributed by atoms with Gasteiger partial charge in [0.25, 0.3) is 0 Å². The molecule has 0 aliphatic carbocycles. The molecule has 1 aromatic carbocycles. The maximum atomic E-state index is 4.58. The second-order valence-electron chi connectivity index (χ2n) is 4.41. The molecule has 0 unspecified atom stereocenters. The smallest absolute Gasteiger partial charge is 0.126 e. The summed E-state index contributed by atoms with van der Waals surface area (Å²) in [5.74, 6) is 0.921. The van der Waals surface area contributed by atoms with Crippen molar-refractivity contribution in [2.75, 3.05) is 11.9 Å². The molecule has 19 heavy (non-hydrogen) atoms. The average molecular weight is 252 g/mol. The summed E-state index contributed by atoms with van der Waals surface area (Å²) in [6.07, 6.45) is 1.87. The SMILES string of the molecule is CCNc1cccc(Cn2cnc3ccccc32)n1. The summed E-state index contributed by atoms with van der Waals surface area (Å²) in [5, 5.41) is 3.23. The lowest BCUT2D eigenvalue weighted by Gasteiger charge is -2.07. The highest BCUT2D eigenvalue weighted by molar-refractivity contribution is 5.75. The summed E-state index contributed by atoms with van der Waals surface area (Å²) in [5.41, 5.74) is 3.19. The molecule has 0 spiro atoms. The number of anilines is 1. The molecule has 3 aromatic rings. The molecule has 0 amide bonds. The van der Waals surface area contributed by atoms with E-state index in [4.69, 9.17) is 0 Å². The van der Waals surface area contributed by atoms with Crippen LogP contribution in [0.1, 0.15) is 12.6 Å². The Bertz CT molecular complexity index is 687. The average Bonchev–Trinajstić information content (AvgIpc) is 2.83. The van der Waals surface area contributed by atoms with E-state index in [-0.39, 0.29) is 0 Å². The van der Waals surface area contributed by atoms with Gasteiger partial charge in [0.15, 0.2) is 0 Å². The maximum absolute atomic E-state index is 4.58. The van der Waals surface area contributed by atoms with Gasteiger partial charge in [0.2, 0.25) is 0 Å². The second kappa shape index (κ2) is 5.10. The van der Waals surface area contributed by atoms with Crippen LogP contribution in [0, 0.1) is 0 Å². The van der Waals surface area contributed by atoms with Crippen molar-refractivity contribution in [3.05, 3.63) is 54.5 Å². The predicted octanol–water partition coefficient (Wildman–Crippen LogP) is 2.91. The first-order chi connectivity index (χ1) is 9.36. The van der Waals surface area contributed by atoms with E-state index in [0.717, 1.165) is 35.6 Å². The minimum Gasteiger partial charge on any atom is -0.370 e. The Hall–Kier alpha value is -2.36. The molecule has 4 nitrogen and oxygen atoms in total. The zero-order chi connectivity index (χ0) is 13.1. The molecule has 2 heterocycles. The number of benzene rings is 1. The molecule has 0 aliphatic rings. The largest absolute Gasteiger partial charge is 0.370 e. The molecule has 1 N–H and O–H groups in total. The van der Waals surface area contributed by atoms with Crippen molar-refractivity contribution in [3.8, 4) is 0 Å². The number of imidazole rings is 1. The zero-order valence-electron chi connectivity index (χ0n) is 10.9. The number of rotatable bonds is 4. The van der Waals surface area contributed by atoms with Crippen LogP contribution in [0.4, 0.5) is 5.82 Å². The van der Waals surface area contributed by atoms with Crippen LogP contribution < -0.4 is 5.32 Å². The number of hydrogen-bond donors (Lipinski definition) is 1. The molecule has 0 fully saturated rings. The van der Waals surface area contributed by atoms with Gasteiger partial charge in [0, 0.05) is 6.54 Å². The summed E-state index contributed by atoms with van der Waals surface area (Å²) in [6, 6.07) is 14.2. The van der Waals surface area contributed by atoms with Gasteiger partial charge in [-0.1, -0.05) is 18.2 Å². The molecule has 0 atom stereocenters. The highest BCUT2D eigenvalue weighted by Crippen LogP contribution is 2.14. The standard InChI is InChI=1S/C15H16N4/c1-2-16-15-9-5-6-12(18-15)10-19-11-17-13-7-3-4-8-14(13)19/h3-9,11H,2,10H2,1H3,(H,16,18). The highest BCUT2D eigenvalue weighted by Gasteiger charge is 2.03. The molecule has 0 radical (unpaired) electrons. The summed E-state index contributed by atoms with van der Waals surface area (Å²) < 4.78 is 2.12. The maximum Gasteiger partial charge on any atom is 0.126 e. The molecule has 0 bridgehead atoms. The van der Waals surface area contributed by atoms with Crippen LogP contribution >= 0.6 is 0 Å². The summed E-state index contributed by atoms with van der Waals surface area (Å²) >= 11 is 0. The van der Waals surface area contributed by atoms with Crippen LogP contribution in [0.5, 0.6) is 0 Å². The molecule has 3 rings (SSSR count). The van der Waals surface area contributed by atoms with Crippen LogP contribution in [0.15, 0.2) is 48.8 Å². The number of nitrogens with one attached hydrogen (secondary N) is 1. The van der Waals surface area contributed by atoms with E-state index >= 15 is 0 Å². The Morgan fingerprint density at radius 3 is 2.89 bits per heavy atom. The lowest BCUT2D eigenvalue weighted by atomic mass is 10.3. The van der Waals surface area contributed by atoms with Gasteiger partial charge in [-0.15, -0.1) is 0 Å². The first kappa shape index (κ1) is 11.7. The van der Waals surface area contributed by atoms with E-state index < -0.39 is 0 Å². The van der Waals surface area contributed by atoms with Crippen molar-refractivity contribution in [2.24, 2.45) is 0 Å². The second-order valence-corrected chi connectivity index (χ2v) is 4.41. The van der Waals surface area contributed by atoms with Gasteiger partial charge in [0.05, 0.1) is 29.6 Å².